The molecule has 1 aromatic rings. The normalized spacial score (nSPS) is 18.9. The molecular formula is C16H27N3S. The van der Waals surface area contributed by atoms with Crippen molar-refractivity contribution in [2.75, 3.05) is 30.3 Å². The summed E-state index contributed by atoms with van der Waals surface area (Å²) in [5.74, 6) is 1.20. The lowest BCUT2D eigenvalue weighted by molar-refractivity contribution is 0.632. The molecule has 1 fully saturated rings. The standard InChI is InChI=1S/C16H27N3S/c1-4-7-17-12-14-5-8-18-13-15(14)19-9-6-16(2,3)20-11-10-19/h5,8,13,17H,4,6-7,9-12H2,1-3H3. The Labute approximate surface area is 127 Å². The van der Waals surface area contributed by atoms with Gasteiger partial charge in [-0.3, -0.25) is 4.98 Å². The molecule has 0 radical (unpaired) electrons. The van der Waals surface area contributed by atoms with Gasteiger partial charge in [-0.15, -0.1) is 0 Å². The van der Waals surface area contributed by atoms with Crippen molar-refractivity contribution >= 4 is 17.4 Å². The monoisotopic (exact) mass is 293 g/mol. The molecule has 1 saturated heterocycles. The number of pyridine rings is 1. The Morgan fingerprint density at radius 3 is 3.05 bits per heavy atom. The van der Waals surface area contributed by atoms with Crippen LogP contribution in [0, 0.1) is 0 Å². The number of nitrogens with zero attached hydrogens (tertiary/aromatic N) is 2. The summed E-state index contributed by atoms with van der Waals surface area (Å²) in [5.41, 5.74) is 2.69. The molecule has 3 nitrogen and oxygen atoms in total. The lowest BCUT2D eigenvalue weighted by Gasteiger charge is -2.26. The highest BCUT2D eigenvalue weighted by atomic mass is 32.2. The van der Waals surface area contributed by atoms with E-state index in [1.807, 2.05) is 12.4 Å². The third-order valence-corrected chi connectivity index (χ3v) is 5.18. The van der Waals surface area contributed by atoms with Gasteiger partial charge in [-0.25, -0.2) is 0 Å². The van der Waals surface area contributed by atoms with Gasteiger partial charge in [-0.05, 0) is 31.0 Å². The highest BCUT2D eigenvalue weighted by Crippen LogP contribution is 2.32. The maximum Gasteiger partial charge on any atom is 0.0598 e. The molecule has 1 aliphatic rings. The summed E-state index contributed by atoms with van der Waals surface area (Å²) < 4.78 is 0.400. The van der Waals surface area contributed by atoms with E-state index in [1.54, 1.807) is 0 Å². The molecule has 112 valence electrons. The van der Waals surface area contributed by atoms with Crippen molar-refractivity contribution < 1.29 is 0 Å². The fraction of sp³-hybridized carbons (Fsp3) is 0.688. The van der Waals surface area contributed by atoms with Crippen molar-refractivity contribution in [3.05, 3.63) is 24.0 Å². The topological polar surface area (TPSA) is 28.2 Å². The molecule has 20 heavy (non-hydrogen) atoms. The van der Waals surface area contributed by atoms with E-state index in [2.05, 4.69) is 53.8 Å². The Bertz CT molecular complexity index is 420. The highest BCUT2D eigenvalue weighted by molar-refractivity contribution is 8.00. The number of hydrogen-bond donors (Lipinski definition) is 1. The SMILES string of the molecule is CCCNCc1ccncc1N1CCSC(C)(C)CC1. The van der Waals surface area contributed by atoms with Crippen LogP contribution < -0.4 is 10.2 Å². The largest absolute Gasteiger partial charge is 0.369 e. The van der Waals surface area contributed by atoms with Crippen LogP contribution in [0.5, 0.6) is 0 Å². The van der Waals surface area contributed by atoms with Gasteiger partial charge < -0.3 is 10.2 Å². The summed E-state index contributed by atoms with van der Waals surface area (Å²) in [4.78, 5) is 6.85. The van der Waals surface area contributed by atoms with Crippen LogP contribution in [0.2, 0.25) is 0 Å². The van der Waals surface area contributed by atoms with E-state index in [-0.39, 0.29) is 0 Å². The quantitative estimate of drug-likeness (QED) is 0.843. The molecule has 2 rings (SSSR count). The van der Waals surface area contributed by atoms with Crippen molar-refractivity contribution in [2.45, 2.75) is 44.9 Å². The molecule has 0 unspecified atom stereocenters. The Morgan fingerprint density at radius 2 is 2.25 bits per heavy atom. The van der Waals surface area contributed by atoms with Crippen LogP contribution in [0.4, 0.5) is 5.69 Å². The first kappa shape index (κ1) is 15.6. The van der Waals surface area contributed by atoms with E-state index in [1.165, 1.54) is 29.8 Å². The van der Waals surface area contributed by atoms with Crippen molar-refractivity contribution in [2.24, 2.45) is 0 Å². The fourth-order valence-electron chi connectivity index (χ4n) is 2.51. The zero-order valence-corrected chi connectivity index (χ0v) is 13.8. The van der Waals surface area contributed by atoms with E-state index in [0.29, 0.717) is 4.75 Å². The Hall–Kier alpha value is -0.740. The summed E-state index contributed by atoms with van der Waals surface area (Å²) in [7, 11) is 0. The van der Waals surface area contributed by atoms with Crippen LogP contribution in [0.15, 0.2) is 18.5 Å². The molecule has 0 atom stereocenters. The third-order valence-electron chi connectivity index (χ3n) is 3.81. The van der Waals surface area contributed by atoms with Gasteiger partial charge in [-0.2, -0.15) is 11.8 Å². The minimum atomic E-state index is 0.400. The van der Waals surface area contributed by atoms with Crippen LogP contribution in [0.1, 0.15) is 39.2 Å². The average Bonchev–Trinajstić information content (AvgIpc) is 2.61. The lowest BCUT2D eigenvalue weighted by Crippen LogP contribution is -2.29. The van der Waals surface area contributed by atoms with Gasteiger partial charge in [0.25, 0.3) is 0 Å². The number of aromatic nitrogens is 1. The van der Waals surface area contributed by atoms with E-state index < -0.39 is 0 Å². The minimum Gasteiger partial charge on any atom is -0.369 e. The number of thioether (sulfide) groups is 1. The van der Waals surface area contributed by atoms with Gasteiger partial charge in [0.05, 0.1) is 11.9 Å². The molecule has 0 aliphatic carbocycles. The molecule has 0 spiro atoms. The molecule has 2 heterocycles. The van der Waals surface area contributed by atoms with Crippen LogP contribution in [0.3, 0.4) is 0 Å². The molecule has 0 saturated carbocycles. The fourth-order valence-corrected chi connectivity index (χ4v) is 3.61. The first-order valence-electron chi connectivity index (χ1n) is 7.65. The summed E-state index contributed by atoms with van der Waals surface area (Å²) in [6, 6.07) is 2.15. The third kappa shape index (κ3) is 4.38. The van der Waals surface area contributed by atoms with E-state index in [9.17, 15) is 0 Å². The summed E-state index contributed by atoms with van der Waals surface area (Å²) in [5, 5.41) is 3.50. The molecule has 0 amide bonds. The average molecular weight is 293 g/mol. The van der Waals surface area contributed by atoms with Gasteiger partial charge in [0, 0.05) is 36.3 Å². The van der Waals surface area contributed by atoms with Gasteiger partial charge in [-0.1, -0.05) is 20.8 Å². The maximum absolute atomic E-state index is 4.34. The van der Waals surface area contributed by atoms with Crippen molar-refractivity contribution in [1.82, 2.24) is 10.3 Å². The Balaban J connectivity index is 2.07. The number of hydrogen-bond acceptors (Lipinski definition) is 4. The first-order valence-corrected chi connectivity index (χ1v) is 8.63. The van der Waals surface area contributed by atoms with Crippen molar-refractivity contribution in [1.29, 1.82) is 0 Å². The summed E-state index contributed by atoms with van der Waals surface area (Å²) in [6.45, 7) is 11.2. The van der Waals surface area contributed by atoms with E-state index in [4.69, 9.17) is 0 Å². The van der Waals surface area contributed by atoms with Crippen molar-refractivity contribution in [3.8, 4) is 0 Å². The second-order valence-electron chi connectivity index (χ2n) is 6.03. The Morgan fingerprint density at radius 1 is 1.40 bits per heavy atom. The molecule has 0 aromatic carbocycles. The molecule has 4 heteroatoms. The van der Waals surface area contributed by atoms with E-state index in [0.717, 1.165) is 26.2 Å². The zero-order chi connectivity index (χ0) is 14.4. The highest BCUT2D eigenvalue weighted by Gasteiger charge is 2.24. The summed E-state index contributed by atoms with van der Waals surface area (Å²) in [6.07, 6.45) is 6.35. The number of anilines is 1. The van der Waals surface area contributed by atoms with Gasteiger partial charge in [0.1, 0.15) is 0 Å². The predicted molar refractivity (Wildman–Crippen MR) is 89.6 cm³/mol. The van der Waals surface area contributed by atoms with Crippen LogP contribution in [-0.4, -0.2) is 35.1 Å². The molecular weight excluding hydrogens is 266 g/mol. The zero-order valence-electron chi connectivity index (χ0n) is 13.0. The second-order valence-corrected chi connectivity index (χ2v) is 7.83. The number of nitrogens with one attached hydrogen (secondary N) is 1. The second kappa shape index (κ2) is 7.32. The minimum absolute atomic E-state index is 0.400. The lowest BCUT2D eigenvalue weighted by atomic mass is 10.1. The Kier molecular flexibility index (Phi) is 5.73. The van der Waals surface area contributed by atoms with Gasteiger partial charge in [0.2, 0.25) is 0 Å². The van der Waals surface area contributed by atoms with Gasteiger partial charge >= 0.3 is 0 Å². The van der Waals surface area contributed by atoms with Crippen molar-refractivity contribution in [3.63, 3.8) is 0 Å². The smallest absolute Gasteiger partial charge is 0.0598 e. The maximum atomic E-state index is 4.34. The van der Waals surface area contributed by atoms with E-state index >= 15 is 0 Å². The van der Waals surface area contributed by atoms with Crippen LogP contribution in [-0.2, 0) is 6.54 Å². The molecule has 1 aliphatic heterocycles. The predicted octanol–water partition coefficient (Wildman–Crippen LogP) is 3.30. The van der Waals surface area contributed by atoms with Crippen LogP contribution in [0.25, 0.3) is 0 Å². The molecule has 1 N–H and O–H groups in total. The first-order chi connectivity index (χ1) is 9.62. The number of rotatable bonds is 5. The summed E-state index contributed by atoms with van der Waals surface area (Å²) >= 11 is 2.09. The van der Waals surface area contributed by atoms with Gasteiger partial charge in [0.15, 0.2) is 0 Å². The molecule has 0 bridgehead atoms. The molecule has 1 aromatic heterocycles. The van der Waals surface area contributed by atoms with Crippen LogP contribution >= 0.6 is 11.8 Å².